The van der Waals surface area contributed by atoms with Crippen LogP contribution in [0.5, 0.6) is 0 Å². The third kappa shape index (κ3) is 9.15. The van der Waals surface area contributed by atoms with Gasteiger partial charge >= 0.3 is 5.97 Å². The molecule has 0 aromatic carbocycles. The highest BCUT2D eigenvalue weighted by atomic mass is 16.4. The number of nitrogens with zero attached hydrogens (tertiary/aromatic N) is 2. The van der Waals surface area contributed by atoms with Gasteiger partial charge in [0.05, 0.1) is 19.0 Å². The molecule has 3 aliphatic carbocycles. The molecular formula is C30H49N5O6. The molecule has 4 amide bonds. The molecule has 0 spiro atoms. The van der Waals surface area contributed by atoms with Gasteiger partial charge in [0.25, 0.3) is 0 Å². The van der Waals surface area contributed by atoms with Gasteiger partial charge in [0, 0.05) is 44.2 Å². The standard InChI is InChI=1S/C30H49N5O6/c1-34(28(38)18-35(19-36)15-14-29(39)40)24-12-10-22(11-13-24)31-27(37)16-20-6-8-23(9-7-20)32-30(41)26-17-21-4-2-3-5-25(21)33-26/h19-26,33H,2-18H2,1H3,(H,31,37)(H,32,41)(H,39,40). The van der Waals surface area contributed by atoms with Crippen molar-refractivity contribution in [3.8, 4) is 0 Å². The van der Waals surface area contributed by atoms with Crippen molar-refractivity contribution in [3.05, 3.63) is 0 Å². The van der Waals surface area contributed by atoms with E-state index in [-0.39, 0.29) is 61.4 Å². The number of carbonyl (C=O) groups is 5. The predicted octanol–water partition coefficient (Wildman–Crippen LogP) is 1.79. The second kappa shape index (κ2) is 15.0. The van der Waals surface area contributed by atoms with Crippen LogP contribution in [0.4, 0.5) is 0 Å². The van der Waals surface area contributed by atoms with E-state index < -0.39 is 5.97 Å². The van der Waals surface area contributed by atoms with Gasteiger partial charge in [-0.15, -0.1) is 0 Å². The Balaban J connectivity index is 1.09. The zero-order valence-electron chi connectivity index (χ0n) is 24.5. The van der Waals surface area contributed by atoms with Gasteiger partial charge < -0.3 is 30.9 Å². The normalized spacial score (nSPS) is 31.4. The number of hydrogen-bond donors (Lipinski definition) is 4. The number of amides is 4. The molecular weight excluding hydrogens is 526 g/mol. The summed E-state index contributed by atoms with van der Waals surface area (Å²) in [6, 6.07) is 0.815. The van der Waals surface area contributed by atoms with Crippen LogP contribution in [-0.4, -0.2) is 95.4 Å². The molecule has 0 radical (unpaired) electrons. The second-order valence-corrected chi connectivity index (χ2v) is 12.8. The Kier molecular flexibility index (Phi) is 11.4. The average Bonchev–Trinajstić information content (AvgIpc) is 3.41. The van der Waals surface area contributed by atoms with Crippen molar-refractivity contribution in [1.29, 1.82) is 0 Å². The minimum absolute atomic E-state index is 0.00613. The molecule has 3 unspecified atom stereocenters. The zero-order valence-corrected chi connectivity index (χ0v) is 24.5. The first-order valence-corrected chi connectivity index (χ1v) is 15.7. The Labute approximate surface area is 243 Å². The summed E-state index contributed by atoms with van der Waals surface area (Å²) in [5, 5.41) is 18.9. The second-order valence-electron chi connectivity index (χ2n) is 12.8. The fourth-order valence-electron chi connectivity index (χ4n) is 7.39. The molecule has 3 atom stereocenters. The molecule has 1 saturated heterocycles. The molecule has 3 saturated carbocycles. The van der Waals surface area contributed by atoms with Crippen LogP contribution >= 0.6 is 0 Å². The van der Waals surface area contributed by atoms with Crippen molar-refractivity contribution in [1.82, 2.24) is 25.8 Å². The van der Waals surface area contributed by atoms with Crippen molar-refractivity contribution < 1.29 is 29.1 Å². The molecule has 4 fully saturated rings. The predicted molar refractivity (Wildman–Crippen MR) is 153 cm³/mol. The van der Waals surface area contributed by atoms with Crippen LogP contribution in [0.25, 0.3) is 0 Å². The highest BCUT2D eigenvalue weighted by Gasteiger charge is 2.39. The smallest absolute Gasteiger partial charge is 0.305 e. The van der Waals surface area contributed by atoms with Crippen molar-refractivity contribution in [2.24, 2.45) is 11.8 Å². The van der Waals surface area contributed by atoms with E-state index in [9.17, 15) is 24.0 Å². The van der Waals surface area contributed by atoms with Gasteiger partial charge in [0.2, 0.25) is 24.1 Å². The first kappa shape index (κ1) is 31.3. The molecule has 0 aromatic heterocycles. The number of carboxylic acids is 1. The molecule has 4 N–H and O–H groups in total. The molecule has 4 aliphatic rings. The number of hydrogen-bond acceptors (Lipinski definition) is 6. The number of carboxylic acid groups (broad SMARTS) is 1. The Morgan fingerprint density at radius 2 is 1.56 bits per heavy atom. The molecule has 11 nitrogen and oxygen atoms in total. The van der Waals surface area contributed by atoms with E-state index in [0.29, 0.717) is 30.7 Å². The Morgan fingerprint density at radius 3 is 2.22 bits per heavy atom. The fraction of sp³-hybridized carbons (Fsp3) is 0.833. The van der Waals surface area contributed by atoms with E-state index in [0.717, 1.165) is 57.8 Å². The minimum Gasteiger partial charge on any atom is -0.481 e. The number of carbonyl (C=O) groups excluding carboxylic acids is 4. The van der Waals surface area contributed by atoms with Crippen molar-refractivity contribution in [2.75, 3.05) is 20.1 Å². The van der Waals surface area contributed by atoms with Crippen molar-refractivity contribution in [3.63, 3.8) is 0 Å². The average molecular weight is 576 g/mol. The maximum Gasteiger partial charge on any atom is 0.305 e. The van der Waals surface area contributed by atoms with Crippen LogP contribution in [0.15, 0.2) is 0 Å². The lowest BCUT2D eigenvalue weighted by Gasteiger charge is -2.36. The van der Waals surface area contributed by atoms with Crippen LogP contribution in [0.1, 0.15) is 96.3 Å². The molecule has 1 aliphatic heterocycles. The number of rotatable bonds is 12. The first-order chi connectivity index (χ1) is 19.7. The summed E-state index contributed by atoms with van der Waals surface area (Å²) in [7, 11) is 1.72. The minimum atomic E-state index is -1.01. The molecule has 0 aromatic rings. The Hall–Kier alpha value is -2.69. The summed E-state index contributed by atoms with van der Waals surface area (Å²) in [6.45, 7) is -0.125. The number of aliphatic carboxylic acids is 1. The highest BCUT2D eigenvalue weighted by molar-refractivity contribution is 5.82. The molecule has 4 rings (SSSR count). The van der Waals surface area contributed by atoms with Crippen molar-refractivity contribution in [2.45, 2.75) is 127 Å². The molecule has 11 heteroatoms. The quantitative estimate of drug-likeness (QED) is 0.259. The lowest BCUT2D eigenvalue weighted by atomic mass is 9.83. The molecule has 41 heavy (non-hydrogen) atoms. The van der Waals surface area contributed by atoms with Crippen LogP contribution in [-0.2, 0) is 24.0 Å². The van der Waals surface area contributed by atoms with Crippen molar-refractivity contribution >= 4 is 30.1 Å². The third-order valence-corrected chi connectivity index (χ3v) is 9.95. The van der Waals surface area contributed by atoms with Gasteiger partial charge in [-0.1, -0.05) is 12.8 Å². The lowest BCUT2D eigenvalue weighted by Crippen LogP contribution is -2.48. The maximum atomic E-state index is 12.9. The van der Waals surface area contributed by atoms with E-state index >= 15 is 0 Å². The Morgan fingerprint density at radius 1 is 0.902 bits per heavy atom. The van der Waals surface area contributed by atoms with E-state index in [2.05, 4.69) is 16.0 Å². The fourth-order valence-corrected chi connectivity index (χ4v) is 7.39. The van der Waals surface area contributed by atoms with Gasteiger partial charge in [0.15, 0.2) is 0 Å². The highest BCUT2D eigenvalue weighted by Crippen LogP contribution is 2.34. The van der Waals surface area contributed by atoms with E-state index in [1.807, 2.05) is 0 Å². The number of likely N-dealkylation sites (N-methyl/N-ethyl adjacent to an activating group) is 1. The summed E-state index contributed by atoms with van der Waals surface area (Å²) in [5.74, 6) is 0.0229. The molecule has 230 valence electrons. The zero-order chi connectivity index (χ0) is 29.4. The summed E-state index contributed by atoms with van der Waals surface area (Å²) in [4.78, 5) is 63.1. The lowest BCUT2D eigenvalue weighted by molar-refractivity contribution is -0.140. The van der Waals surface area contributed by atoms with Gasteiger partial charge in [-0.2, -0.15) is 0 Å². The largest absolute Gasteiger partial charge is 0.481 e. The van der Waals surface area contributed by atoms with Crippen LogP contribution in [0.2, 0.25) is 0 Å². The summed E-state index contributed by atoms with van der Waals surface area (Å²) >= 11 is 0. The van der Waals surface area contributed by atoms with Gasteiger partial charge in [-0.25, -0.2) is 0 Å². The molecule has 0 bridgehead atoms. The van der Waals surface area contributed by atoms with Gasteiger partial charge in [-0.3, -0.25) is 24.0 Å². The first-order valence-electron chi connectivity index (χ1n) is 15.7. The van der Waals surface area contributed by atoms with E-state index in [1.165, 1.54) is 30.6 Å². The topological polar surface area (TPSA) is 148 Å². The van der Waals surface area contributed by atoms with E-state index in [1.54, 1.807) is 11.9 Å². The number of fused-ring (bicyclic) bond motifs is 1. The third-order valence-electron chi connectivity index (χ3n) is 9.95. The van der Waals surface area contributed by atoms with E-state index in [4.69, 9.17) is 5.11 Å². The summed E-state index contributed by atoms with van der Waals surface area (Å²) in [6.07, 6.45) is 13.7. The van der Waals surface area contributed by atoms with Crippen LogP contribution in [0, 0.1) is 11.8 Å². The van der Waals surface area contributed by atoms with Gasteiger partial charge in [-0.05, 0) is 82.5 Å². The number of nitrogens with one attached hydrogen (secondary N) is 3. The van der Waals surface area contributed by atoms with Gasteiger partial charge in [0.1, 0.15) is 0 Å². The maximum absolute atomic E-state index is 12.9. The van der Waals surface area contributed by atoms with Crippen LogP contribution < -0.4 is 16.0 Å². The van der Waals surface area contributed by atoms with Crippen LogP contribution in [0.3, 0.4) is 0 Å². The monoisotopic (exact) mass is 575 g/mol. The molecule has 1 heterocycles. The summed E-state index contributed by atoms with van der Waals surface area (Å²) < 4.78 is 0. The summed E-state index contributed by atoms with van der Waals surface area (Å²) in [5.41, 5.74) is 0. The SMILES string of the molecule is CN(C(=O)CN(C=O)CCC(=O)O)C1CCC(NC(=O)CC2CCC(NC(=O)C3CC4CCCCC4N3)CC2)CC1. The Bertz CT molecular complexity index is 916.